The smallest absolute Gasteiger partial charge is 0.273 e. The van der Waals surface area contributed by atoms with E-state index in [1.165, 1.54) is 23.5 Å². The van der Waals surface area contributed by atoms with Crippen LogP contribution < -0.4 is 4.90 Å². The largest absolute Gasteiger partial charge is 0.363 e. The van der Waals surface area contributed by atoms with Gasteiger partial charge in [0, 0.05) is 35.7 Å². The molecular formula is C19H22FN3OS. The average Bonchev–Trinajstić information content (AvgIpc) is 3.19. The molecule has 1 aromatic carbocycles. The second-order valence-corrected chi connectivity index (χ2v) is 8.32. The third-order valence-electron chi connectivity index (χ3n) is 5.48. The summed E-state index contributed by atoms with van der Waals surface area (Å²) >= 11 is 1.45. The highest BCUT2D eigenvalue weighted by Crippen LogP contribution is 2.44. The van der Waals surface area contributed by atoms with E-state index in [-0.39, 0.29) is 17.3 Å². The third kappa shape index (κ3) is 2.92. The highest BCUT2D eigenvalue weighted by molar-refractivity contribution is 7.07. The standard InChI is InChI=1S/C19H22FN3OS/c1-19(2)9-13-10-22(18(24)16-11-25-12-21-16)8-7-17(13)23(19)15-5-3-14(20)4-6-15/h3-6,11-13,17H,7-10H2,1-2H3/t13-,17+/m1/s1. The molecule has 0 spiro atoms. The Labute approximate surface area is 151 Å². The predicted octanol–water partition coefficient (Wildman–Crippen LogP) is 3.80. The molecule has 0 radical (unpaired) electrons. The van der Waals surface area contributed by atoms with Gasteiger partial charge in [-0.15, -0.1) is 11.3 Å². The van der Waals surface area contributed by atoms with Crippen molar-refractivity contribution >= 4 is 22.9 Å². The first kappa shape index (κ1) is 16.5. The number of anilines is 1. The minimum Gasteiger partial charge on any atom is -0.363 e. The number of amides is 1. The van der Waals surface area contributed by atoms with Crippen LogP contribution in [0.4, 0.5) is 10.1 Å². The number of nitrogens with zero attached hydrogens (tertiary/aromatic N) is 3. The van der Waals surface area contributed by atoms with Crippen LogP contribution in [0.25, 0.3) is 0 Å². The summed E-state index contributed by atoms with van der Waals surface area (Å²) in [6, 6.07) is 7.18. The van der Waals surface area contributed by atoms with Gasteiger partial charge in [0.2, 0.25) is 0 Å². The normalized spacial score (nSPS) is 25.1. The zero-order chi connectivity index (χ0) is 17.6. The summed E-state index contributed by atoms with van der Waals surface area (Å²) in [6.07, 6.45) is 1.96. The van der Waals surface area contributed by atoms with E-state index in [4.69, 9.17) is 0 Å². The van der Waals surface area contributed by atoms with Crippen molar-refractivity contribution in [2.24, 2.45) is 5.92 Å². The van der Waals surface area contributed by atoms with Crippen LogP contribution in [-0.2, 0) is 0 Å². The molecule has 0 aliphatic carbocycles. The number of piperidine rings is 1. The maximum Gasteiger partial charge on any atom is 0.273 e. The summed E-state index contributed by atoms with van der Waals surface area (Å²) in [5.41, 5.74) is 3.32. The number of benzene rings is 1. The minimum absolute atomic E-state index is 0.00709. The van der Waals surface area contributed by atoms with Crippen LogP contribution in [-0.4, -0.2) is 40.5 Å². The fraction of sp³-hybridized carbons (Fsp3) is 0.474. The van der Waals surface area contributed by atoms with Crippen molar-refractivity contribution in [3.8, 4) is 0 Å². The Bertz CT molecular complexity index is 759. The first-order chi connectivity index (χ1) is 12.0. The zero-order valence-electron chi connectivity index (χ0n) is 14.5. The first-order valence-corrected chi connectivity index (χ1v) is 9.62. The van der Waals surface area contributed by atoms with Gasteiger partial charge in [0.05, 0.1) is 5.51 Å². The number of halogens is 1. The molecule has 6 heteroatoms. The number of rotatable bonds is 2. The Balaban J connectivity index is 1.55. The lowest BCUT2D eigenvalue weighted by atomic mass is 9.89. The Morgan fingerprint density at radius 3 is 2.76 bits per heavy atom. The monoisotopic (exact) mass is 359 g/mol. The van der Waals surface area contributed by atoms with Gasteiger partial charge in [-0.3, -0.25) is 4.79 Å². The molecule has 4 nitrogen and oxygen atoms in total. The van der Waals surface area contributed by atoms with Crippen molar-refractivity contribution in [2.75, 3.05) is 18.0 Å². The van der Waals surface area contributed by atoms with Crippen molar-refractivity contribution in [1.29, 1.82) is 0 Å². The number of likely N-dealkylation sites (tertiary alicyclic amines) is 1. The van der Waals surface area contributed by atoms with Crippen LogP contribution in [0.2, 0.25) is 0 Å². The summed E-state index contributed by atoms with van der Waals surface area (Å²) in [6.45, 7) is 5.98. The van der Waals surface area contributed by atoms with Gasteiger partial charge in [-0.1, -0.05) is 0 Å². The Kier molecular flexibility index (Phi) is 4.02. The molecule has 2 saturated heterocycles. The number of hydrogen-bond donors (Lipinski definition) is 0. The highest BCUT2D eigenvalue weighted by Gasteiger charge is 2.48. The van der Waals surface area contributed by atoms with Crippen molar-refractivity contribution < 1.29 is 9.18 Å². The van der Waals surface area contributed by atoms with Gasteiger partial charge in [0.15, 0.2) is 0 Å². The fourth-order valence-corrected chi connectivity index (χ4v) is 5.08. The van der Waals surface area contributed by atoms with E-state index in [1.807, 2.05) is 22.4 Å². The van der Waals surface area contributed by atoms with Gasteiger partial charge < -0.3 is 9.80 Å². The first-order valence-electron chi connectivity index (χ1n) is 8.68. The molecule has 2 aliphatic heterocycles. The van der Waals surface area contributed by atoms with Gasteiger partial charge in [-0.2, -0.15) is 0 Å². The maximum absolute atomic E-state index is 13.3. The van der Waals surface area contributed by atoms with E-state index in [9.17, 15) is 9.18 Å². The van der Waals surface area contributed by atoms with E-state index in [2.05, 4.69) is 23.7 Å². The summed E-state index contributed by atoms with van der Waals surface area (Å²) in [7, 11) is 0. The highest BCUT2D eigenvalue weighted by atomic mass is 32.1. The lowest BCUT2D eigenvalue weighted by Gasteiger charge is -2.41. The summed E-state index contributed by atoms with van der Waals surface area (Å²) in [5.74, 6) is 0.259. The van der Waals surface area contributed by atoms with Gasteiger partial charge in [-0.05, 0) is 56.9 Å². The quantitative estimate of drug-likeness (QED) is 0.818. The predicted molar refractivity (Wildman–Crippen MR) is 97.5 cm³/mol. The van der Waals surface area contributed by atoms with Gasteiger partial charge in [-0.25, -0.2) is 9.37 Å². The maximum atomic E-state index is 13.3. The molecular weight excluding hydrogens is 337 g/mol. The van der Waals surface area contributed by atoms with Crippen LogP contribution in [0.1, 0.15) is 37.2 Å². The van der Waals surface area contributed by atoms with E-state index in [1.54, 1.807) is 5.51 Å². The number of fused-ring (bicyclic) bond motifs is 1. The number of aromatic nitrogens is 1. The third-order valence-corrected chi connectivity index (χ3v) is 6.07. The lowest BCUT2D eigenvalue weighted by molar-refractivity contribution is 0.0662. The molecule has 0 bridgehead atoms. The molecule has 2 atom stereocenters. The van der Waals surface area contributed by atoms with E-state index in [0.29, 0.717) is 17.7 Å². The molecule has 25 heavy (non-hydrogen) atoms. The SMILES string of the molecule is CC1(C)C[C@@H]2CN(C(=O)c3cscn3)CC[C@@H]2N1c1ccc(F)cc1. The summed E-state index contributed by atoms with van der Waals surface area (Å²) in [5, 5.41) is 1.82. The number of carbonyl (C=O) groups excluding carboxylic acids is 1. The molecule has 0 saturated carbocycles. The molecule has 0 N–H and O–H groups in total. The fourth-order valence-electron chi connectivity index (χ4n) is 4.56. The molecule has 1 aromatic heterocycles. The molecule has 4 rings (SSSR count). The molecule has 2 aliphatic rings. The number of hydrogen-bond acceptors (Lipinski definition) is 4. The average molecular weight is 359 g/mol. The molecule has 0 unspecified atom stereocenters. The van der Waals surface area contributed by atoms with Crippen LogP contribution in [0.15, 0.2) is 35.2 Å². The number of thiazole rings is 1. The molecule has 132 valence electrons. The van der Waals surface area contributed by atoms with Gasteiger partial charge >= 0.3 is 0 Å². The zero-order valence-corrected chi connectivity index (χ0v) is 15.3. The van der Waals surface area contributed by atoms with Gasteiger partial charge in [0.25, 0.3) is 5.91 Å². The van der Waals surface area contributed by atoms with Crippen LogP contribution in [0.5, 0.6) is 0 Å². The van der Waals surface area contributed by atoms with E-state index in [0.717, 1.165) is 31.6 Å². The summed E-state index contributed by atoms with van der Waals surface area (Å²) in [4.78, 5) is 21.1. The molecule has 3 heterocycles. The van der Waals surface area contributed by atoms with Crippen molar-refractivity contribution in [1.82, 2.24) is 9.88 Å². The second-order valence-electron chi connectivity index (χ2n) is 7.60. The van der Waals surface area contributed by atoms with Crippen LogP contribution in [0.3, 0.4) is 0 Å². The molecule has 2 fully saturated rings. The van der Waals surface area contributed by atoms with Crippen molar-refractivity contribution in [2.45, 2.75) is 38.3 Å². The van der Waals surface area contributed by atoms with E-state index >= 15 is 0 Å². The Morgan fingerprint density at radius 1 is 1.32 bits per heavy atom. The minimum atomic E-state index is -0.207. The summed E-state index contributed by atoms with van der Waals surface area (Å²) < 4.78 is 13.3. The molecule has 1 amide bonds. The van der Waals surface area contributed by atoms with Crippen LogP contribution >= 0.6 is 11.3 Å². The van der Waals surface area contributed by atoms with E-state index < -0.39 is 0 Å². The van der Waals surface area contributed by atoms with Crippen molar-refractivity contribution in [3.05, 3.63) is 46.7 Å². The Morgan fingerprint density at radius 2 is 2.08 bits per heavy atom. The number of carbonyl (C=O) groups is 1. The Hall–Kier alpha value is -1.95. The second kappa shape index (κ2) is 6.09. The topological polar surface area (TPSA) is 36.4 Å². The molecule has 2 aromatic rings. The van der Waals surface area contributed by atoms with Gasteiger partial charge in [0.1, 0.15) is 11.5 Å². The lowest BCUT2D eigenvalue weighted by Crippen LogP contribution is -2.50. The van der Waals surface area contributed by atoms with Crippen molar-refractivity contribution in [3.63, 3.8) is 0 Å². The van der Waals surface area contributed by atoms with Crippen LogP contribution in [0, 0.1) is 11.7 Å².